The Hall–Kier alpha value is -1.12. The normalized spacial score (nSPS) is 12.4. The molecule has 0 amide bonds. The third-order valence-electron chi connectivity index (χ3n) is 4.00. The molecule has 26 heavy (non-hydrogen) atoms. The summed E-state index contributed by atoms with van der Waals surface area (Å²) < 4.78 is 70.7. The predicted octanol–water partition coefficient (Wildman–Crippen LogP) is 5.37. The first-order valence-corrected chi connectivity index (χ1v) is 9.13. The minimum Gasteiger partial charge on any atom is -0.386 e. The maximum Gasteiger partial charge on any atom is 0.639 e. The molecule has 0 saturated carbocycles. The van der Waals surface area contributed by atoms with Crippen molar-refractivity contribution in [3.8, 4) is 0 Å². The molecule has 1 aromatic rings. The second-order valence-electron chi connectivity index (χ2n) is 6.07. The second-order valence-corrected chi connectivity index (χ2v) is 6.07. The molecule has 0 aliphatic heterocycles. The van der Waals surface area contributed by atoms with Crippen LogP contribution in [-0.4, -0.2) is 27.1 Å². The molecule has 1 unspecified atom stereocenters. The fourth-order valence-corrected chi connectivity index (χ4v) is 2.30. The minimum atomic E-state index is -1.81. The van der Waals surface area contributed by atoms with Gasteiger partial charge in [0.15, 0.2) is 23.3 Å². The van der Waals surface area contributed by atoms with Crippen LogP contribution in [0, 0.1) is 23.3 Å². The molecule has 0 spiro atoms. The van der Waals surface area contributed by atoms with Crippen LogP contribution in [-0.2, 0) is 14.0 Å². The molecular formula is C18H27BF4O3. The molecular weight excluding hydrogens is 351 g/mol. The number of halogens is 4. The van der Waals surface area contributed by atoms with E-state index in [2.05, 4.69) is 0 Å². The lowest BCUT2D eigenvalue weighted by molar-refractivity contribution is 0.0850. The Morgan fingerprint density at radius 2 is 1.42 bits per heavy atom. The van der Waals surface area contributed by atoms with Gasteiger partial charge in [0.1, 0.15) is 0 Å². The molecule has 0 N–H and O–H groups in total. The maximum atomic E-state index is 14.0. The van der Waals surface area contributed by atoms with Crippen molar-refractivity contribution < 1.29 is 31.5 Å². The van der Waals surface area contributed by atoms with Crippen LogP contribution in [0.25, 0.3) is 0 Å². The Balaban J connectivity index is 2.77. The Morgan fingerprint density at radius 3 is 1.92 bits per heavy atom. The first-order chi connectivity index (χ1) is 12.5. The lowest BCUT2D eigenvalue weighted by Gasteiger charge is -2.20. The Morgan fingerprint density at radius 1 is 0.846 bits per heavy atom. The summed E-state index contributed by atoms with van der Waals surface area (Å²) in [6.07, 6.45) is 3.89. The molecule has 3 nitrogen and oxygen atoms in total. The van der Waals surface area contributed by atoms with Crippen LogP contribution in [0.5, 0.6) is 0 Å². The van der Waals surface area contributed by atoms with Gasteiger partial charge in [-0.3, -0.25) is 0 Å². The van der Waals surface area contributed by atoms with Crippen LogP contribution < -0.4 is 0 Å². The number of rotatable bonds is 13. The maximum absolute atomic E-state index is 14.0. The van der Waals surface area contributed by atoms with Crippen LogP contribution in [0.15, 0.2) is 6.07 Å². The van der Waals surface area contributed by atoms with Crippen LogP contribution in [0.2, 0.25) is 0 Å². The first-order valence-electron chi connectivity index (χ1n) is 9.13. The largest absolute Gasteiger partial charge is 0.639 e. The van der Waals surface area contributed by atoms with Gasteiger partial charge in [0.25, 0.3) is 0 Å². The smallest absolute Gasteiger partial charge is 0.386 e. The van der Waals surface area contributed by atoms with Gasteiger partial charge >= 0.3 is 7.32 Å². The molecule has 0 aromatic heterocycles. The molecule has 8 heteroatoms. The van der Waals surface area contributed by atoms with Crippen LogP contribution in [0.1, 0.15) is 64.4 Å². The fraction of sp³-hybridized carbons (Fsp3) is 0.667. The van der Waals surface area contributed by atoms with Crippen molar-refractivity contribution >= 4 is 7.32 Å². The lowest BCUT2D eigenvalue weighted by atomic mass is 9.95. The Bertz CT molecular complexity index is 536. The minimum absolute atomic E-state index is 0.0686. The van der Waals surface area contributed by atoms with E-state index >= 15 is 0 Å². The summed E-state index contributed by atoms with van der Waals surface area (Å²) in [6, 6.07) is 0.677. The SMILES string of the molecule is CCCCOB(OCCCC)OCC(CC)c1cc(F)c(F)c(F)c1F. The molecule has 0 heterocycles. The van der Waals surface area contributed by atoms with Gasteiger partial charge in [0.2, 0.25) is 0 Å². The fourth-order valence-electron chi connectivity index (χ4n) is 2.30. The van der Waals surface area contributed by atoms with Crippen molar-refractivity contribution in [2.75, 3.05) is 19.8 Å². The van der Waals surface area contributed by atoms with E-state index in [4.69, 9.17) is 14.0 Å². The molecule has 0 aliphatic rings. The summed E-state index contributed by atoms with van der Waals surface area (Å²) in [5.74, 6) is -7.10. The summed E-state index contributed by atoms with van der Waals surface area (Å²) in [4.78, 5) is 0. The van der Waals surface area contributed by atoms with Crippen molar-refractivity contribution in [1.82, 2.24) is 0 Å². The van der Waals surface area contributed by atoms with Gasteiger partial charge in [-0.15, -0.1) is 0 Å². The van der Waals surface area contributed by atoms with Crippen LogP contribution in [0.4, 0.5) is 17.6 Å². The van der Waals surface area contributed by atoms with Gasteiger partial charge in [-0.1, -0.05) is 33.6 Å². The van der Waals surface area contributed by atoms with E-state index in [0.29, 0.717) is 25.7 Å². The molecule has 0 saturated heterocycles. The van der Waals surface area contributed by atoms with Gasteiger partial charge in [-0.05, 0) is 30.9 Å². The van der Waals surface area contributed by atoms with Gasteiger partial charge in [-0.2, -0.15) is 0 Å². The third kappa shape index (κ3) is 6.89. The highest BCUT2D eigenvalue weighted by atomic mass is 19.2. The monoisotopic (exact) mass is 378 g/mol. The zero-order chi connectivity index (χ0) is 19.5. The van der Waals surface area contributed by atoms with Gasteiger partial charge in [-0.25, -0.2) is 17.6 Å². The van der Waals surface area contributed by atoms with Crippen molar-refractivity contribution in [2.24, 2.45) is 0 Å². The van der Waals surface area contributed by atoms with E-state index in [0.717, 1.165) is 25.7 Å². The summed E-state index contributed by atoms with van der Waals surface area (Å²) in [7, 11) is -0.930. The van der Waals surface area contributed by atoms with Crippen molar-refractivity contribution in [1.29, 1.82) is 0 Å². The molecule has 1 aromatic carbocycles. The van der Waals surface area contributed by atoms with Crippen molar-refractivity contribution in [3.05, 3.63) is 34.9 Å². The van der Waals surface area contributed by atoms with E-state index in [9.17, 15) is 17.6 Å². The van der Waals surface area contributed by atoms with Crippen LogP contribution >= 0.6 is 0 Å². The average molecular weight is 378 g/mol. The number of hydrogen-bond donors (Lipinski definition) is 0. The third-order valence-corrected chi connectivity index (χ3v) is 4.00. The second kappa shape index (κ2) is 12.3. The number of hydrogen-bond acceptors (Lipinski definition) is 3. The zero-order valence-corrected chi connectivity index (χ0v) is 15.6. The number of unbranched alkanes of at least 4 members (excludes halogenated alkanes) is 2. The van der Waals surface area contributed by atoms with Gasteiger partial charge in [0.05, 0.1) is 0 Å². The van der Waals surface area contributed by atoms with Crippen LogP contribution in [0.3, 0.4) is 0 Å². The van der Waals surface area contributed by atoms with Crippen molar-refractivity contribution in [2.45, 2.75) is 58.8 Å². The van der Waals surface area contributed by atoms with E-state index in [-0.39, 0.29) is 12.2 Å². The Kier molecular flexibility index (Phi) is 10.8. The molecule has 0 bridgehead atoms. The van der Waals surface area contributed by atoms with Gasteiger partial charge < -0.3 is 14.0 Å². The zero-order valence-electron chi connectivity index (χ0n) is 15.6. The highest BCUT2D eigenvalue weighted by molar-refractivity contribution is 6.36. The van der Waals surface area contributed by atoms with Gasteiger partial charge in [0, 0.05) is 25.7 Å². The number of benzene rings is 1. The lowest BCUT2D eigenvalue weighted by Crippen LogP contribution is -2.30. The Labute approximate surface area is 153 Å². The first kappa shape index (κ1) is 22.9. The van der Waals surface area contributed by atoms with E-state index in [1.807, 2.05) is 13.8 Å². The topological polar surface area (TPSA) is 27.7 Å². The summed E-state index contributed by atoms with van der Waals surface area (Å²) in [6.45, 7) is 6.57. The molecule has 0 fully saturated rings. The quantitative estimate of drug-likeness (QED) is 0.152. The predicted molar refractivity (Wildman–Crippen MR) is 92.7 cm³/mol. The molecule has 0 aliphatic carbocycles. The summed E-state index contributed by atoms with van der Waals surface area (Å²) >= 11 is 0. The average Bonchev–Trinajstić information content (AvgIpc) is 2.64. The molecule has 0 radical (unpaired) electrons. The summed E-state index contributed by atoms with van der Waals surface area (Å²) in [5.41, 5.74) is -0.259. The molecule has 148 valence electrons. The van der Waals surface area contributed by atoms with E-state index < -0.39 is 36.5 Å². The molecule has 1 rings (SSSR count). The highest BCUT2D eigenvalue weighted by Crippen LogP contribution is 2.27. The molecule has 1 atom stereocenters. The summed E-state index contributed by atoms with van der Waals surface area (Å²) in [5, 5.41) is 0. The van der Waals surface area contributed by atoms with Crippen molar-refractivity contribution in [3.63, 3.8) is 0 Å². The van der Waals surface area contributed by atoms with E-state index in [1.165, 1.54) is 0 Å². The van der Waals surface area contributed by atoms with E-state index in [1.54, 1.807) is 6.92 Å². The highest BCUT2D eigenvalue weighted by Gasteiger charge is 2.27. The standard InChI is InChI=1S/C18H27BF4O3/c1-4-7-9-24-19(25-10-8-5-2)26-12-13(6-3)14-11-15(20)17(22)18(23)16(14)21/h11,13H,4-10,12H2,1-3H3.